The van der Waals surface area contributed by atoms with E-state index in [1.54, 1.807) is 86.9 Å². The molecule has 3 aromatic carbocycles. The molecule has 16 amide bonds. The largest absolute Gasteiger partial charge is 0.508 e. The highest BCUT2D eigenvalue weighted by atomic mass is 32.2. The first kappa shape index (κ1) is 101. The van der Waals surface area contributed by atoms with E-state index < -0.39 is 211 Å². The average Bonchev–Trinajstić information content (AvgIpc) is 1.67. The van der Waals surface area contributed by atoms with Gasteiger partial charge in [0.2, 0.25) is 94.5 Å². The van der Waals surface area contributed by atoms with Gasteiger partial charge in [0.05, 0.1) is 43.8 Å². The molecule has 2 fully saturated rings. The van der Waals surface area contributed by atoms with Crippen molar-refractivity contribution < 1.29 is 92.0 Å². The molecule has 26 N–H and O–H groups in total. The number of amides is 16. The van der Waals surface area contributed by atoms with Crippen LogP contribution in [0.1, 0.15) is 114 Å². The molecule has 129 heavy (non-hydrogen) atoms. The number of guanidine groups is 1. The van der Waals surface area contributed by atoms with E-state index in [0.717, 1.165) is 26.5 Å². The maximum Gasteiger partial charge on any atom is 0.245 e. The van der Waals surface area contributed by atoms with Crippen LogP contribution < -0.4 is 81.4 Å². The van der Waals surface area contributed by atoms with Gasteiger partial charge in [-0.3, -0.25) is 82.1 Å². The van der Waals surface area contributed by atoms with Crippen LogP contribution in [-0.4, -0.2) is 305 Å². The molecule has 3 aromatic heterocycles. The zero-order valence-corrected chi connectivity index (χ0v) is 73.9. The number of imidazole rings is 1. The van der Waals surface area contributed by atoms with Gasteiger partial charge in [0.25, 0.3) is 0 Å². The van der Waals surface area contributed by atoms with Crippen LogP contribution in [0.4, 0.5) is 0 Å². The minimum atomic E-state index is -1.88. The van der Waals surface area contributed by atoms with Crippen molar-refractivity contribution in [2.24, 2.45) is 28.9 Å². The number of hydrogen-bond donors (Lipinski definition) is 22. The number of nitrogens with two attached hydrogens (primary N) is 4. The SMILES string of the molecule is CCCC[C@@H](C(=O)N[C@@H](CCCNC(=N)N)C(=O)NC(CSCC(=O)N[C@@H](Cc1ccc(O)cc1)C(=O)NC)C(=O)NCC(N)=O)N(C)C(=O)[C@H](C)N(C)C(=O)[C@H](Cc1c[nH]c2ccccc12)NC(=O)[C@H](CO)NC(=O)[C@H](Cc1c[nH]c2ccccc12)NC(=O)[C@@H]1C[C@@H](O)CN1C(=O)[C@H](CC(C)C)NC(=O)[C@H](Cc1cnc[nH]1)NC(=O)[C@@H]1CCCN1C(=O)[C@@H](N)CC(N)=O. The fraction of sp³-hybridized carbons (Fsp3) is 0.506. The van der Waals surface area contributed by atoms with E-state index in [1.807, 2.05) is 6.92 Å². The summed E-state index contributed by atoms with van der Waals surface area (Å²) in [6.07, 6.45) is 4.39. The first-order chi connectivity index (χ1) is 61.4. The van der Waals surface area contributed by atoms with Gasteiger partial charge in [0.1, 0.15) is 78.3 Å². The third kappa shape index (κ3) is 29.1. The Morgan fingerprint density at radius 1 is 0.605 bits per heavy atom. The molecule has 8 rings (SSSR count). The summed E-state index contributed by atoms with van der Waals surface area (Å²) < 4.78 is 0. The monoisotopic (exact) mass is 1810 g/mol. The van der Waals surface area contributed by atoms with Gasteiger partial charge in [-0.05, 0) is 92.3 Å². The summed E-state index contributed by atoms with van der Waals surface area (Å²) in [5, 5.41) is 70.1. The van der Waals surface area contributed by atoms with E-state index in [0.29, 0.717) is 63.5 Å². The molecule has 1 unspecified atom stereocenters. The van der Waals surface area contributed by atoms with Crippen molar-refractivity contribution in [2.45, 2.75) is 202 Å². The number of aliphatic hydroxyl groups is 2. The van der Waals surface area contributed by atoms with Gasteiger partial charge in [-0.25, -0.2) is 4.98 Å². The molecule has 6 aromatic rings. The number of likely N-dealkylation sites (N-methyl/N-ethyl adjacent to an activating group) is 3. The molecule has 14 atom stereocenters. The molecule has 5 heterocycles. The van der Waals surface area contributed by atoms with Gasteiger partial charge in [0.15, 0.2) is 5.96 Å². The molecule has 2 aliphatic heterocycles. The Labute approximate surface area is 748 Å². The number of thioether (sulfide) groups is 1. The number of para-hydroxylation sites is 2. The summed E-state index contributed by atoms with van der Waals surface area (Å²) in [7, 11) is 3.97. The van der Waals surface area contributed by atoms with Crippen LogP contribution in [0.15, 0.2) is 97.7 Å². The number of aromatic amines is 3. The van der Waals surface area contributed by atoms with E-state index in [4.69, 9.17) is 28.3 Å². The van der Waals surface area contributed by atoms with E-state index in [9.17, 15) is 68.1 Å². The molecule has 2 saturated heterocycles. The number of hydrogen-bond acceptors (Lipinski definition) is 23. The molecular formula is C85H120N24O19S. The minimum Gasteiger partial charge on any atom is -0.508 e. The van der Waals surface area contributed by atoms with Gasteiger partial charge in [-0.2, -0.15) is 0 Å². The predicted molar refractivity (Wildman–Crippen MR) is 474 cm³/mol. The maximum atomic E-state index is 15.4. The van der Waals surface area contributed by atoms with Crippen LogP contribution in [0.5, 0.6) is 5.75 Å². The first-order valence-corrected chi connectivity index (χ1v) is 43.7. The first-order valence-electron chi connectivity index (χ1n) is 42.6. The second kappa shape index (κ2) is 48.6. The van der Waals surface area contributed by atoms with Crippen molar-refractivity contribution in [1.29, 1.82) is 5.41 Å². The van der Waals surface area contributed by atoms with Gasteiger partial charge in [-0.15, -0.1) is 11.8 Å². The molecule has 0 radical (unpaired) electrons. The number of β-amino-alcohol motifs (C(OH)–C–C–N with tert-alkyl or cyclic N) is 1. The summed E-state index contributed by atoms with van der Waals surface area (Å²) in [5.41, 5.74) is 25.5. The molecule has 2 aliphatic rings. The number of phenols is 1. The third-order valence-electron chi connectivity index (χ3n) is 22.4. The number of unbranched alkanes of at least 4 members (excludes halogenated alkanes) is 1. The number of phenolic OH excluding ortho intramolecular Hbond substituents is 1. The zero-order chi connectivity index (χ0) is 94.5. The maximum absolute atomic E-state index is 15.4. The minimum absolute atomic E-state index is 0.00190. The molecule has 43 nitrogen and oxygen atoms in total. The van der Waals surface area contributed by atoms with E-state index in [1.165, 1.54) is 57.6 Å². The number of likely N-dealkylation sites (tertiary alicyclic amines) is 2. The zero-order valence-electron chi connectivity index (χ0n) is 73.1. The smallest absolute Gasteiger partial charge is 0.245 e. The number of primary amides is 2. The van der Waals surface area contributed by atoms with Crippen LogP contribution in [-0.2, 0) is 102 Å². The lowest BCUT2D eigenvalue weighted by Crippen LogP contribution is -2.61. The van der Waals surface area contributed by atoms with Crippen molar-refractivity contribution >= 4 is 134 Å². The molecule has 700 valence electrons. The molecule has 44 heteroatoms. The highest BCUT2D eigenvalue weighted by Crippen LogP contribution is 2.27. The Balaban J connectivity index is 1.000. The average molecular weight is 1810 g/mol. The van der Waals surface area contributed by atoms with Gasteiger partial charge in [0, 0.05) is 125 Å². The number of benzene rings is 3. The van der Waals surface area contributed by atoms with Crippen LogP contribution in [0, 0.1) is 11.3 Å². The fourth-order valence-corrected chi connectivity index (χ4v) is 16.2. The fourth-order valence-electron chi connectivity index (χ4n) is 15.4. The van der Waals surface area contributed by atoms with Crippen LogP contribution in [0.2, 0.25) is 0 Å². The number of nitrogens with zero attached hydrogens (tertiary/aromatic N) is 5. The van der Waals surface area contributed by atoms with E-state index in [2.05, 4.69) is 78.4 Å². The Hall–Kier alpha value is -13.2. The second-order valence-corrected chi connectivity index (χ2v) is 33.6. The molecule has 0 bridgehead atoms. The number of aromatic nitrogens is 4. The number of nitrogens with one attached hydrogen (secondary N) is 15. The number of aromatic hydroxyl groups is 1. The Morgan fingerprint density at radius 2 is 1.18 bits per heavy atom. The Bertz CT molecular complexity index is 4950. The van der Waals surface area contributed by atoms with Crippen LogP contribution in [0.3, 0.4) is 0 Å². The number of rotatable bonds is 49. The molecule has 0 aliphatic carbocycles. The van der Waals surface area contributed by atoms with Crippen molar-refractivity contribution in [3.8, 4) is 5.75 Å². The van der Waals surface area contributed by atoms with Crippen molar-refractivity contribution in [2.75, 3.05) is 65.4 Å². The number of H-pyrrole nitrogens is 3. The normalized spacial score (nSPS) is 16.8. The van der Waals surface area contributed by atoms with Crippen molar-refractivity contribution in [1.82, 2.24) is 98.0 Å². The van der Waals surface area contributed by atoms with E-state index >= 15 is 24.0 Å². The molecule has 0 spiro atoms. The van der Waals surface area contributed by atoms with E-state index in [-0.39, 0.29) is 100 Å². The van der Waals surface area contributed by atoms with Crippen LogP contribution in [0.25, 0.3) is 21.8 Å². The summed E-state index contributed by atoms with van der Waals surface area (Å²) in [4.78, 5) is 244. The number of aliphatic hydroxyl groups excluding tert-OH is 2. The highest BCUT2D eigenvalue weighted by Gasteiger charge is 2.46. The van der Waals surface area contributed by atoms with Crippen molar-refractivity contribution in [3.63, 3.8) is 0 Å². The van der Waals surface area contributed by atoms with Crippen molar-refractivity contribution in [3.05, 3.63) is 120 Å². The topological polar surface area (TPSA) is 667 Å². The number of fused-ring (bicyclic) bond motifs is 2. The molecular weight excluding hydrogens is 1690 g/mol. The molecule has 0 saturated carbocycles. The van der Waals surface area contributed by atoms with Gasteiger partial charge >= 0.3 is 0 Å². The Morgan fingerprint density at radius 3 is 1.77 bits per heavy atom. The second-order valence-electron chi connectivity index (χ2n) is 32.5. The van der Waals surface area contributed by atoms with Gasteiger partial charge < -0.3 is 131 Å². The summed E-state index contributed by atoms with van der Waals surface area (Å²) >= 11 is 0.870. The summed E-state index contributed by atoms with van der Waals surface area (Å²) in [5.74, 6) is -14.9. The third-order valence-corrected chi connectivity index (χ3v) is 23.4. The lowest BCUT2D eigenvalue weighted by Gasteiger charge is -2.35. The van der Waals surface area contributed by atoms with Gasteiger partial charge in [-0.1, -0.05) is 82.1 Å². The Kier molecular flexibility index (Phi) is 38.1. The summed E-state index contributed by atoms with van der Waals surface area (Å²) in [6.45, 7) is 4.70. The quantitative estimate of drug-likeness (QED) is 0.00975. The standard InChI is InChI=1S/C85H120N24O19S/c1-8-9-21-66(78(122)99-58(20-14-27-93-85(89)90)74(118)105-65(73(117)96-39-70(88)114)42-129-43-71(115)98-59(72(116)91-5)30-47-23-25-51(111)26-24-47)107(7)81(125)46(4)106(6)83(127)63(32-49-37-95-57-19-13-11-17-54(49)57)103-77(121)64(41-110)104-75(119)60(31-48-36-94-56-18-12-10-16-53(48)56)100-80(124)68-34-52(112)40-109(68)84(128)62(29-45(2)3)102-76(120)61(33-50-38-92-44-97-50)101-79(123)67-22-15-28-108(67)82(126)55(86)35-69(87)113/h10-13,16-19,23-26,36-38,44-46,52,55,58-68,94-95,110-112H,8-9,14-15,20-22,27-35,39-43,86H2,1-7H3,(H2,87,113)(H2,88,114)(H,91,116)(H,92,97)(H,96,117)(H,98,115)(H,99,122)(H,100,124)(H,101,123)(H,102,120)(H,103,121)(H,104,119)(H,105,118)(H4,89,90,93)/t46-,52+,55-,58-,59-,60-,61-,62-,63-,64-,65?,66-,67-,68-/m0/s1. The predicted octanol–water partition coefficient (Wildman–Crippen LogP) is -4.37. The number of carbonyl (C=O) groups is 16. The highest BCUT2D eigenvalue weighted by molar-refractivity contribution is 8.00. The number of carbonyl (C=O) groups excluding carboxylic acids is 16. The lowest BCUT2D eigenvalue weighted by atomic mass is 10.0. The lowest BCUT2D eigenvalue weighted by molar-refractivity contribution is -0.148. The summed E-state index contributed by atoms with van der Waals surface area (Å²) in [6, 6.07) is 1.30. The van der Waals surface area contributed by atoms with Crippen LogP contribution >= 0.6 is 11.8 Å².